The van der Waals surface area contributed by atoms with E-state index >= 15 is 0 Å². The first-order valence-corrected chi connectivity index (χ1v) is 7.28. The summed E-state index contributed by atoms with van der Waals surface area (Å²) >= 11 is 0. The van der Waals surface area contributed by atoms with Crippen LogP contribution in [-0.2, 0) is 28.6 Å². The number of carbonyl (C=O) groups excluding carboxylic acids is 1. The maximum absolute atomic E-state index is 12.6. The lowest BCUT2D eigenvalue weighted by Gasteiger charge is -2.21. The molecule has 0 N–H and O–H groups in total. The molecule has 5 atom stereocenters. The molecule has 3 heterocycles. The van der Waals surface area contributed by atoms with Crippen LogP contribution in [0, 0.1) is 5.92 Å². The highest BCUT2D eigenvalue weighted by molar-refractivity contribution is 7.87. The third-order valence-corrected chi connectivity index (χ3v) is 5.29. The van der Waals surface area contributed by atoms with Crippen LogP contribution in [0.4, 0.5) is 8.78 Å². The Bertz CT molecular complexity index is 513. The lowest BCUT2D eigenvalue weighted by molar-refractivity contribution is -0.162. The molecule has 0 spiro atoms. The second-order valence-electron chi connectivity index (χ2n) is 5.17. The van der Waals surface area contributed by atoms with Crippen molar-refractivity contribution in [3.05, 3.63) is 0 Å². The van der Waals surface area contributed by atoms with E-state index in [9.17, 15) is 22.0 Å². The Morgan fingerprint density at radius 2 is 2.11 bits per heavy atom. The summed E-state index contributed by atoms with van der Waals surface area (Å²) < 4.78 is 63.2. The van der Waals surface area contributed by atoms with Crippen molar-refractivity contribution >= 4 is 16.1 Å². The van der Waals surface area contributed by atoms with Crippen LogP contribution in [0.1, 0.15) is 13.3 Å². The van der Waals surface area contributed by atoms with Crippen molar-refractivity contribution in [1.82, 2.24) is 0 Å². The average Bonchev–Trinajstić information content (AvgIpc) is 2.85. The smallest absolute Gasteiger partial charge is 0.314 e. The number of hydrogen-bond acceptors (Lipinski definition) is 6. The predicted molar refractivity (Wildman–Crippen MR) is 55.9 cm³/mol. The molecule has 3 aliphatic rings. The van der Waals surface area contributed by atoms with Crippen LogP contribution in [0.2, 0.25) is 0 Å². The van der Waals surface area contributed by atoms with Gasteiger partial charge in [-0.05, 0) is 6.42 Å². The van der Waals surface area contributed by atoms with Gasteiger partial charge in [-0.25, -0.2) is 8.78 Å². The Kier molecular flexibility index (Phi) is 2.68. The van der Waals surface area contributed by atoms with Gasteiger partial charge in [0, 0.05) is 6.92 Å². The number of ether oxygens (including phenoxy) is 2. The van der Waals surface area contributed by atoms with Crippen molar-refractivity contribution in [3.8, 4) is 0 Å². The van der Waals surface area contributed by atoms with Gasteiger partial charge in [-0.15, -0.1) is 0 Å². The van der Waals surface area contributed by atoms with Crippen LogP contribution >= 0.6 is 0 Å². The molecule has 108 valence electrons. The molecule has 0 aromatic rings. The first-order valence-electron chi connectivity index (χ1n) is 5.81. The van der Waals surface area contributed by atoms with Crippen molar-refractivity contribution < 1.29 is 35.6 Å². The van der Waals surface area contributed by atoms with Crippen LogP contribution in [0.25, 0.3) is 0 Å². The topological polar surface area (TPSA) is 78.9 Å². The third kappa shape index (κ3) is 2.03. The van der Waals surface area contributed by atoms with Crippen LogP contribution in [0.3, 0.4) is 0 Å². The summed E-state index contributed by atoms with van der Waals surface area (Å²) in [5.74, 6) is -4.96. The number of esters is 1. The number of carbonyl (C=O) groups is 1. The molecule has 0 amide bonds. The minimum atomic E-state index is -3.72. The molecule has 0 aromatic carbocycles. The van der Waals surface area contributed by atoms with E-state index in [-0.39, 0.29) is 6.42 Å². The fraction of sp³-hybridized carbons (Fsp3) is 0.900. The van der Waals surface area contributed by atoms with Gasteiger partial charge in [0.25, 0.3) is 16.0 Å². The molecule has 19 heavy (non-hydrogen) atoms. The molecule has 0 aliphatic carbocycles. The molecule has 3 rings (SSSR count). The van der Waals surface area contributed by atoms with Crippen LogP contribution in [0.5, 0.6) is 0 Å². The fourth-order valence-corrected chi connectivity index (χ4v) is 4.50. The summed E-state index contributed by atoms with van der Waals surface area (Å²) in [7, 11) is -3.72. The van der Waals surface area contributed by atoms with E-state index in [1.807, 2.05) is 0 Å². The van der Waals surface area contributed by atoms with Gasteiger partial charge in [-0.1, -0.05) is 0 Å². The van der Waals surface area contributed by atoms with E-state index in [0.717, 1.165) is 0 Å². The minimum absolute atomic E-state index is 0.145. The number of halogens is 2. The molecular formula is C10H12F2O6S. The lowest BCUT2D eigenvalue weighted by Crippen LogP contribution is -2.40. The fourth-order valence-electron chi connectivity index (χ4n) is 2.85. The molecule has 3 saturated heterocycles. The largest absolute Gasteiger partial charge is 0.459 e. The van der Waals surface area contributed by atoms with E-state index < -0.39 is 58.1 Å². The first kappa shape index (κ1) is 13.2. The SMILES string of the molecule is CC(F)(F)COC(=O)C1C2CC3C(O2)C1OS3(=O)=O. The number of rotatable bonds is 3. The summed E-state index contributed by atoms with van der Waals surface area (Å²) in [6, 6.07) is 0. The zero-order valence-corrected chi connectivity index (χ0v) is 10.7. The molecule has 0 aromatic heterocycles. The molecule has 2 bridgehead atoms. The van der Waals surface area contributed by atoms with E-state index in [0.29, 0.717) is 6.92 Å². The molecule has 0 radical (unpaired) electrons. The molecule has 0 saturated carbocycles. The van der Waals surface area contributed by atoms with Crippen molar-refractivity contribution in [3.63, 3.8) is 0 Å². The Labute approximate surface area is 108 Å². The van der Waals surface area contributed by atoms with Crippen LogP contribution in [-0.4, -0.2) is 50.5 Å². The van der Waals surface area contributed by atoms with Crippen molar-refractivity contribution in [2.75, 3.05) is 6.61 Å². The molecule has 3 aliphatic heterocycles. The van der Waals surface area contributed by atoms with E-state index in [1.54, 1.807) is 0 Å². The monoisotopic (exact) mass is 298 g/mol. The second-order valence-corrected chi connectivity index (χ2v) is 6.95. The van der Waals surface area contributed by atoms with Gasteiger partial charge < -0.3 is 9.47 Å². The van der Waals surface area contributed by atoms with Gasteiger partial charge in [-0.3, -0.25) is 8.98 Å². The number of fused-ring (bicyclic) bond motifs is 1. The standard InChI is InChI=1S/C10H12F2O6S/c1-10(11,12)3-16-9(13)6-4-2-5-7(17-4)8(6)18-19(5,14)15/h4-8H,2-3H2,1H3. The van der Waals surface area contributed by atoms with Gasteiger partial charge in [0.1, 0.15) is 23.4 Å². The average molecular weight is 298 g/mol. The Hall–Kier alpha value is -0.800. The van der Waals surface area contributed by atoms with E-state index in [1.165, 1.54) is 0 Å². The molecular weight excluding hydrogens is 286 g/mol. The van der Waals surface area contributed by atoms with E-state index in [4.69, 9.17) is 8.92 Å². The van der Waals surface area contributed by atoms with E-state index in [2.05, 4.69) is 4.74 Å². The highest BCUT2D eigenvalue weighted by Crippen LogP contribution is 2.50. The Morgan fingerprint density at radius 3 is 2.74 bits per heavy atom. The lowest BCUT2D eigenvalue weighted by atomic mass is 9.86. The van der Waals surface area contributed by atoms with Crippen LogP contribution < -0.4 is 0 Å². The summed E-state index contributed by atoms with van der Waals surface area (Å²) in [5, 5.41) is -0.751. The molecule has 6 nitrogen and oxygen atoms in total. The third-order valence-electron chi connectivity index (χ3n) is 3.60. The maximum atomic E-state index is 12.6. The van der Waals surface area contributed by atoms with Crippen molar-refractivity contribution in [1.29, 1.82) is 0 Å². The Morgan fingerprint density at radius 1 is 1.42 bits per heavy atom. The summed E-state index contributed by atoms with van der Waals surface area (Å²) in [5.41, 5.74) is 0. The van der Waals surface area contributed by atoms with Crippen molar-refractivity contribution in [2.45, 2.75) is 42.8 Å². The molecule has 3 fully saturated rings. The molecule has 5 unspecified atom stereocenters. The van der Waals surface area contributed by atoms with Gasteiger partial charge in [0.2, 0.25) is 0 Å². The Balaban J connectivity index is 1.73. The summed E-state index contributed by atoms with van der Waals surface area (Å²) in [4.78, 5) is 11.8. The predicted octanol–water partition coefficient (Wildman–Crippen LogP) is 0.0693. The zero-order valence-electron chi connectivity index (χ0n) is 9.91. The first-order chi connectivity index (χ1) is 8.69. The number of hydrogen-bond donors (Lipinski definition) is 0. The van der Waals surface area contributed by atoms with Gasteiger partial charge in [0.05, 0.1) is 6.10 Å². The van der Waals surface area contributed by atoms with Gasteiger partial charge >= 0.3 is 5.97 Å². The highest BCUT2D eigenvalue weighted by atomic mass is 32.2. The minimum Gasteiger partial charge on any atom is -0.459 e. The quantitative estimate of drug-likeness (QED) is 0.542. The second kappa shape index (κ2) is 3.86. The summed E-state index contributed by atoms with van der Waals surface area (Å²) in [6.07, 6.45) is -2.11. The maximum Gasteiger partial charge on any atom is 0.314 e. The zero-order chi connectivity index (χ0) is 14.0. The van der Waals surface area contributed by atoms with Crippen molar-refractivity contribution in [2.24, 2.45) is 5.92 Å². The normalized spacial score (nSPS) is 42.6. The van der Waals surface area contributed by atoms with Gasteiger partial charge in [0.15, 0.2) is 6.61 Å². The van der Waals surface area contributed by atoms with Crippen LogP contribution in [0.15, 0.2) is 0 Å². The number of alkyl halides is 2. The highest BCUT2D eigenvalue weighted by Gasteiger charge is 2.67. The van der Waals surface area contributed by atoms with Gasteiger partial charge in [-0.2, -0.15) is 8.42 Å². The molecule has 9 heteroatoms. The summed E-state index contributed by atoms with van der Waals surface area (Å²) in [6.45, 7) is -0.410.